The Balaban J connectivity index is 1.48. The normalized spacial score (nSPS) is 17.8. The molecule has 1 fully saturated rings. The van der Waals surface area contributed by atoms with Crippen LogP contribution in [0.4, 0.5) is 10.1 Å². The Bertz CT molecular complexity index is 961. The fraction of sp³-hybridized carbons (Fsp3) is 0.333. The first-order valence-corrected chi connectivity index (χ1v) is 11.2. The van der Waals surface area contributed by atoms with Gasteiger partial charge in [-0.05, 0) is 0 Å². The van der Waals surface area contributed by atoms with Crippen LogP contribution >= 0.6 is 0 Å². The minimum atomic E-state index is -0.380. The van der Waals surface area contributed by atoms with Crippen LogP contribution < -0.4 is 10.6 Å². The second-order valence-corrected chi connectivity index (χ2v) is 9.83. The van der Waals surface area contributed by atoms with Crippen molar-refractivity contribution < 1.29 is 14.0 Å². The average molecular weight is 446 g/mol. The van der Waals surface area contributed by atoms with Crippen LogP contribution in [0.1, 0.15) is 37.6 Å². The molecular formula is C21H22FN3O2Se. The number of rotatable bonds is 5. The van der Waals surface area contributed by atoms with Crippen molar-refractivity contribution in [3.63, 3.8) is 0 Å². The molecule has 4 rings (SSSR count). The van der Waals surface area contributed by atoms with Crippen molar-refractivity contribution in [2.45, 2.75) is 19.8 Å². The van der Waals surface area contributed by atoms with Gasteiger partial charge >= 0.3 is 169 Å². The molecule has 1 saturated heterocycles. The third-order valence-corrected chi connectivity index (χ3v) is 7.24. The number of nitrogens with one attached hydrogen (secondary N) is 2. The fourth-order valence-corrected chi connectivity index (χ4v) is 5.72. The number of amides is 2. The maximum absolute atomic E-state index is 13.4. The fourth-order valence-electron chi connectivity index (χ4n) is 3.68. The summed E-state index contributed by atoms with van der Waals surface area (Å²) < 4.78 is 15.4. The number of nitrogens with zero attached hydrogens (tertiary/aromatic N) is 1. The molecule has 2 aliphatic rings. The summed E-state index contributed by atoms with van der Waals surface area (Å²) in [6, 6.07) is 6.17. The number of carbonyl (C=O) groups excluding carboxylic acids is 2. The monoisotopic (exact) mass is 447 g/mol. The topological polar surface area (TPSA) is 61.4 Å². The van der Waals surface area contributed by atoms with Gasteiger partial charge in [-0.25, -0.2) is 0 Å². The summed E-state index contributed by atoms with van der Waals surface area (Å²) >= 11 is -0.00229. The number of hydrogen-bond donors (Lipinski definition) is 2. The summed E-state index contributed by atoms with van der Waals surface area (Å²) in [5, 5.41) is 5.71. The van der Waals surface area contributed by atoms with E-state index in [2.05, 4.69) is 15.5 Å². The van der Waals surface area contributed by atoms with E-state index < -0.39 is 0 Å². The van der Waals surface area contributed by atoms with E-state index in [0.29, 0.717) is 28.9 Å². The van der Waals surface area contributed by atoms with Crippen molar-refractivity contribution in [2.24, 2.45) is 0 Å². The van der Waals surface area contributed by atoms with Gasteiger partial charge < -0.3 is 0 Å². The zero-order valence-electron chi connectivity index (χ0n) is 15.7. The van der Waals surface area contributed by atoms with Crippen LogP contribution in [-0.2, 0) is 4.79 Å². The zero-order valence-corrected chi connectivity index (χ0v) is 17.4. The molecule has 2 amide bonds. The summed E-state index contributed by atoms with van der Waals surface area (Å²) in [7, 11) is 0. The van der Waals surface area contributed by atoms with Gasteiger partial charge in [0, 0.05) is 0 Å². The Morgan fingerprint density at radius 2 is 2.11 bits per heavy atom. The molecule has 0 radical (unpaired) electrons. The number of halogens is 1. The molecule has 2 N–H and O–H groups in total. The Hall–Kier alpha value is -2.21. The number of fused-ring (bicyclic) bond motifs is 1. The molecule has 28 heavy (non-hydrogen) atoms. The summed E-state index contributed by atoms with van der Waals surface area (Å²) in [5.41, 5.74) is 2.41. The van der Waals surface area contributed by atoms with Gasteiger partial charge in [-0.3, -0.25) is 0 Å². The van der Waals surface area contributed by atoms with E-state index in [0.717, 1.165) is 28.5 Å². The molecule has 0 spiro atoms. The first kappa shape index (κ1) is 19.1. The van der Waals surface area contributed by atoms with Crippen molar-refractivity contribution >= 4 is 43.7 Å². The van der Waals surface area contributed by atoms with Gasteiger partial charge in [-0.1, -0.05) is 0 Å². The Morgan fingerprint density at radius 3 is 2.89 bits per heavy atom. The molecule has 0 atom stereocenters. The number of hydrogen-bond acceptors (Lipinski definition) is 3. The molecule has 146 valence electrons. The molecule has 0 aliphatic carbocycles. The van der Waals surface area contributed by atoms with Gasteiger partial charge in [-0.2, -0.15) is 0 Å². The van der Waals surface area contributed by atoms with E-state index in [1.165, 1.54) is 25.0 Å². The number of anilines is 1. The zero-order chi connectivity index (χ0) is 19.7. The molecule has 1 aromatic carbocycles. The van der Waals surface area contributed by atoms with Crippen LogP contribution in [0.3, 0.4) is 0 Å². The van der Waals surface area contributed by atoms with Crippen molar-refractivity contribution in [3.05, 3.63) is 50.1 Å². The van der Waals surface area contributed by atoms with Crippen LogP contribution in [0.25, 0.3) is 11.6 Å². The third-order valence-electron chi connectivity index (χ3n) is 5.14. The Kier molecular flexibility index (Phi) is 5.49. The minimum absolute atomic E-state index is 0.00229. The summed E-state index contributed by atoms with van der Waals surface area (Å²) in [6.07, 6.45) is 4.31. The molecule has 1 aromatic heterocycles. The van der Waals surface area contributed by atoms with Crippen molar-refractivity contribution in [1.82, 2.24) is 10.2 Å². The SMILES string of the molecule is Cc1[se]c(/C=C2\C(=O)Nc3cc(F)ccc32)cc1C(=O)NCCN1CCCC1. The molecule has 5 nitrogen and oxygen atoms in total. The van der Waals surface area contributed by atoms with Crippen LogP contribution in [-0.4, -0.2) is 57.4 Å². The standard InChI is InChI=1S/C21H22FN3O2Se/c1-13-17(20(26)23-6-9-25-7-2-3-8-25)11-15(28-13)12-18-16-5-4-14(22)10-19(16)24-21(18)27/h4-5,10-12H,2-3,6-9H2,1H3,(H,23,26)(H,24,27)/b18-12-. The molecule has 0 unspecified atom stereocenters. The Labute approximate surface area is 169 Å². The first-order chi connectivity index (χ1) is 13.5. The van der Waals surface area contributed by atoms with Crippen molar-refractivity contribution in [1.29, 1.82) is 0 Å². The number of carbonyl (C=O) groups is 2. The molecular weight excluding hydrogens is 424 g/mol. The number of likely N-dealkylation sites (tertiary alicyclic amines) is 1. The summed E-state index contributed by atoms with van der Waals surface area (Å²) in [5.74, 6) is -0.668. The van der Waals surface area contributed by atoms with Gasteiger partial charge in [-0.15, -0.1) is 0 Å². The average Bonchev–Trinajstić information content (AvgIpc) is 3.36. The van der Waals surface area contributed by atoms with E-state index in [1.54, 1.807) is 6.07 Å². The second kappa shape index (κ2) is 8.03. The summed E-state index contributed by atoms with van der Waals surface area (Å²) in [4.78, 5) is 27.2. The van der Waals surface area contributed by atoms with Crippen LogP contribution in [0.2, 0.25) is 0 Å². The van der Waals surface area contributed by atoms with Crippen LogP contribution in [0.15, 0.2) is 24.3 Å². The third kappa shape index (κ3) is 3.97. The second-order valence-electron chi connectivity index (χ2n) is 7.13. The first-order valence-electron chi connectivity index (χ1n) is 9.45. The van der Waals surface area contributed by atoms with Crippen LogP contribution in [0.5, 0.6) is 0 Å². The quantitative estimate of drug-likeness (QED) is 0.548. The molecule has 7 heteroatoms. The number of aryl methyl sites for hydroxylation is 1. The summed E-state index contributed by atoms with van der Waals surface area (Å²) in [6.45, 7) is 5.73. The Morgan fingerprint density at radius 1 is 1.32 bits per heavy atom. The van der Waals surface area contributed by atoms with Gasteiger partial charge in [0.2, 0.25) is 0 Å². The van der Waals surface area contributed by atoms with Crippen molar-refractivity contribution in [2.75, 3.05) is 31.5 Å². The van der Waals surface area contributed by atoms with E-state index >= 15 is 0 Å². The van der Waals surface area contributed by atoms with Gasteiger partial charge in [0.1, 0.15) is 0 Å². The van der Waals surface area contributed by atoms with E-state index in [1.807, 2.05) is 19.1 Å². The van der Waals surface area contributed by atoms with E-state index in [-0.39, 0.29) is 32.1 Å². The number of benzene rings is 1. The van der Waals surface area contributed by atoms with E-state index in [4.69, 9.17) is 0 Å². The molecule has 0 saturated carbocycles. The molecule has 2 aliphatic heterocycles. The van der Waals surface area contributed by atoms with Crippen LogP contribution in [0, 0.1) is 12.7 Å². The van der Waals surface area contributed by atoms with E-state index in [9.17, 15) is 14.0 Å². The predicted molar refractivity (Wildman–Crippen MR) is 109 cm³/mol. The molecule has 3 heterocycles. The predicted octanol–water partition coefficient (Wildman–Crippen LogP) is 2.51. The van der Waals surface area contributed by atoms with Crippen molar-refractivity contribution in [3.8, 4) is 0 Å². The van der Waals surface area contributed by atoms with Gasteiger partial charge in [0.05, 0.1) is 0 Å². The molecule has 2 aromatic rings. The molecule has 0 bridgehead atoms. The maximum atomic E-state index is 13.4. The van der Waals surface area contributed by atoms with Gasteiger partial charge in [0.25, 0.3) is 0 Å². The van der Waals surface area contributed by atoms with Gasteiger partial charge in [0.15, 0.2) is 0 Å².